The fourth-order valence-corrected chi connectivity index (χ4v) is 3.97. The first-order valence-corrected chi connectivity index (χ1v) is 9.49. The minimum Gasteiger partial charge on any atom is -0.347 e. The number of rotatable bonds is 4. The zero-order valence-corrected chi connectivity index (χ0v) is 15.8. The largest absolute Gasteiger partial charge is 0.347 e. The Balaban J connectivity index is 1.36. The molecule has 0 amide bonds. The Labute approximate surface area is 163 Å². The quantitative estimate of drug-likeness (QED) is 0.598. The summed E-state index contributed by atoms with van der Waals surface area (Å²) in [5, 5.41) is 4.35. The van der Waals surface area contributed by atoms with Crippen LogP contribution in [-0.2, 0) is 20.1 Å². The second kappa shape index (κ2) is 7.05. The van der Waals surface area contributed by atoms with Crippen molar-refractivity contribution in [2.45, 2.75) is 19.0 Å². The topological polar surface area (TPSA) is 62.6 Å². The van der Waals surface area contributed by atoms with Gasteiger partial charge >= 0.3 is 0 Å². The molecule has 1 aromatic carbocycles. The lowest BCUT2D eigenvalue weighted by molar-refractivity contribution is 0.228. The number of aromatic amines is 1. The number of hydrogen-bond acceptors (Lipinski definition) is 4. The summed E-state index contributed by atoms with van der Waals surface area (Å²) in [6.45, 7) is 2.72. The summed E-state index contributed by atoms with van der Waals surface area (Å²) in [6, 6.07) is 14.7. The van der Waals surface area contributed by atoms with E-state index in [0.717, 1.165) is 36.6 Å². The van der Waals surface area contributed by atoms with Crippen LogP contribution >= 0.6 is 0 Å². The van der Waals surface area contributed by atoms with Gasteiger partial charge in [-0.05, 0) is 17.7 Å². The number of benzene rings is 1. The molecule has 28 heavy (non-hydrogen) atoms. The van der Waals surface area contributed by atoms with Crippen LogP contribution in [0.3, 0.4) is 0 Å². The molecular weight excluding hydrogens is 348 g/mol. The number of imidazole rings is 1. The van der Waals surface area contributed by atoms with Gasteiger partial charge in [0.15, 0.2) is 0 Å². The Hall–Kier alpha value is -3.25. The first kappa shape index (κ1) is 16.9. The molecule has 0 saturated heterocycles. The first-order chi connectivity index (χ1) is 13.8. The van der Waals surface area contributed by atoms with Gasteiger partial charge < -0.3 is 4.98 Å². The number of nitrogens with one attached hydrogen (secondary N) is 1. The molecule has 0 spiro atoms. The van der Waals surface area contributed by atoms with Crippen molar-refractivity contribution < 1.29 is 0 Å². The molecular formula is C22H22N6. The lowest BCUT2D eigenvalue weighted by Gasteiger charge is -2.31. The van der Waals surface area contributed by atoms with Crippen LogP contribution in [0.4, 0.5) is 0 Å². The zero-order valence-electron chi connectivity index (χ0n) is 15.8. The van der Waals surface area contributed by atoms with Gasteiger partial charge in [0.1, 0.15) is 0 Å². The fourth-order valence-electron chi connectivity index (χ4n) is 3.97. The van der Waals surface area contributed by atoms with E-state index in [1.54, 1.807) is 6.33 Å². The average Bonchev–Trinajstić information content (AvgIpc) is 3.37. The van der Waals surface area contributed by atoms with Crippen LogP contribution in [0.15, 0.2) is 67.4 Å². The molecule has 1 aliphatic rings. The summed E-state index contributed by atoms with van der Waals surface area (Å²) in [7, 11) is 1.96. The maximum atomic E-state index is 4.58. The van der Waals surface area contributed by atoms with Gasteiger partial charge in [0.25, 0.3) is 0 Å². The van der Waals surface area contributed by atoms with Gasteiger partial charge in [-0.2, -0.15) is 5.10 Å². The normalized spacial score (nSPS) is 16.8. The van der Waals surface area contributed by atoms with Crippen LogP contribution in [0.5, 0.6) is 0 Å². The third kappa shape index (κ3) is 3.23. The molecule has 0 bridgehead atoms. The second-order valence-corrected chi connectivity index (χ2v) is 7.35. The molecule has 1 unspecified atom stereocenters. The van der Waals surface area contributed by atoms with Crippen molar-refractivity contribution in [2.75, 3.05) is 6.54 Å². The summed E-state index contributed by atoms with van der Waals surface area (Å²) < 4.78 is 1.86. The smallest absolute Gasteiger partial charge is 0.0925 e. The number of H-pyrrole nitrogens is 1. The van der Waals surface area contributed by atoms with Crippen molar-refractivity contribution in [3.63, 3.8) is 0 Å². The molecule has 4 aromatic rings. The van der Waals surface area contributed by atoms with Gasteiger partial charge in [0, 0.05) is 56.1 Å². The highest BCUT2D eigenvalue weighted by Crippen LogP contribution is 2.32. The molecule has 6 heteroatoms. The third-order valence-electron chi connectivity index (χ3n) is 5.35. The summed E-state index contributed by atoms with van der Waals surface area (Å²) in [4.78, 5) is 14.8. The molecule has 4 heterocycles. The summed E-state index contributed by atoms with van der Waals surface area (Å²) in [5.74, 6) is 0.247. The Morgan fingerprint density at radius 2 is 2.00 bits per heavy atom. The molecule has 1 atom stereocenters. The van der Waals surface area contributed by atoms with Crippen molar-refractivity contribution in [2.24, 2.45) is 7.05 Å². The molecule has 6 nitrogen and oxygen atoms in total. The van der Waals surface area contributed by atoms with Crippen LogP contribution in [-0.4, -0.2) is 36.2 Å². The minimum absolute atomic E-state index is 0.247. The maximum Gasteiger partial charge on any atom is 0.0925 e. The molecule has 0 radical (unpaired) electrons. The standard InChI is InChI=1S/C22H22N6/c1-27-12-18(10-26-27)19-13-28(14-21-22(19)25-15-24-21)11-16-5-7-17(8-6-16)20-4-2-3-9-23-20/h2-10,12,15,19H,11,13-14H2,1H3,(H,24,25). The van der Waals surface area contributed by atoms with Gasteiger partial charge in [-0.3, -0.25) is 14.6 Å². The molecule has 1 aliphatic heterocycles. The number of nitrogens with zero attached hydrogens (tertiary/aromatic N) is 5. The van der Waals surface area contributed by atoms with Crippen molar-refractivity contribution in [3.05, 3.63) is 89.9 Å². The Morgan fingerprint density at radius 1 is 1.11 bits per heavy atom. The molecule has 0 aliphatic carbocycles. The van der Waals surface area contributed by atoms with E-state index in [-0.39, 0.29) is 5.92 Å². The van der Waals surface area contributed by atoms with Crippen molar-refractivity contribution in [1.82, 2.24) is 29.6 Å². The van der Waals surface area contributed by atoms with Gasteiger partial charge in [-0.1, -0.05) is 30.3 Å². The van der Waals surface area contributed by atoms with Crippen LogP contribution in [0.25, 0.3) is 11.3 Å². The van der Waals surface area contributed by atoms with Crippen molar-refractivity contribution in [1.29, 1.82) is 0 Å². The van der Waals surface area contributed by atoms with Crippen LogP contribution in [0.2, 0.25) is 0 Å². The number of hydrogen-bond donors (Lipinski definition) is 1. The predicted molar refractivity (Wildman–Crippen MR) is 107 cm³/mol. The minimum atomic E-state index is 0.247. The van der Waals surface area contributed by atoms with Crippen LogP contribution < -0.4 is 0 Å². The lowest BCUT2D eigenvalue weighted by atomic mass is 9.93. The lowest BCUT2D eigenvalue weighted by Crippen LogP contribution is -2.33. The molecule has 5 rings (SSSR count). The average molecular weight is 370 g/mol. The molecule has 0 fully saturated rings. The number of pyridine rings is 1. The Morgan fingerprint density at radius 3 is 2.75 bits per heavy atom. The summed E-state index contributed by atoms with van der Waals surface area (Å²) >= 11 is 0. The molecule has 3 aromatic heterocycles. The first-order valence-electron chi connectivity index (χ1n) is 9.49. The highest BCUT2D eigenvalue weighted by atomic mass is 15.2. The number of aryl methyl sites for hydroxylation is 1. The fraction of sp³-hybridized carbons (Fsp3) is 0.227. The number of aromatic nitrogens is 5. The van der Waals surface area contributed by atoms with Crippen molar-refractivity contribution in [3.8, 4) is 11.3 Å². The van der Waals surface area contributed by atoms with E-state index >= 15 is 0 Å². The maximum absolute atomic E-state index is 4.58. The second-order valence-electron chi connectivity index (χ2n) is 7.35. The van der Waals surface area contributed by atoms with Gasteiger partial charge in [-0.15, -0.1) is 0 Å². The van der Waals surface area contributed by atoms with Gasteiger partial charge in [0.2, 0.25) is 0 Å². The van der Waals surface area contributed by atoms with Crippen molar-refractivity contribution >= 4 is 0 Å². The number of fused-ring (bicyclic) bond motifs is 1. The highest BCUT2D eigenvalue weighted by molar-refractivity contribution is 5.59. The monoisotopic (exact) mass is 370 g/mol. The van der Waals surface area contributed by atoms with E-state index in [2.05, 4.69) is 55.4 Å². The predicted octanol–water partition coefficient (Wildman–Crippen LogP) is 3.35. The Kier molecular flexibility index (Phi) is 4.25. The molecule has 140 valence electrons. The van der Waals surface area contributed by atoms with Gasteiger partial charge in [-0.25, -0.2) is 4.98 Å². The van der Waals surface area contributed by atoms with E-state index < -0.39 is 0 Å². The summed E-state index contributed by atoms with van der Waals surface area (Å²) in [6.07, 6.45) is 7.68. The van der Waals surface area contributed by atoms with Crippen LogP contribution in [0.1, 0.15) is 28.4 Å². The van der Waals surface area contributed by atoms with E-state index in [4.69, 9.17) is 0 Å². The van der Waals surface area contributed by atoms with E-state index in [1.807, 2.05) is 42.3 Å². The van der Waals surface area contributed by atoms with E-state index in [0.29, 0.717) is 0 Å². The third-order valence-corrected chi connectivity index (χ3v) is 5.35. The van der Waals surface area contributed by atoms with E-state index in [9.17, 15) is 0 Å². The zero-order chi connectivity index (χ0) is 18.9. The van der Waals surface area contributed by atoms with Crippen LogP contribution in [0, 0.1) is 0 Å². The molecule has 1 N–H and O–H groups in total. The SMILES string of the molecule is Cn1cc(C2CN(Cc3ccc(-c4ccccn4)cc3)Cc3[nH]cnc32)cn1. The van der Waals surface area contributed by atoms with Gasteiger partial charge in [0.05, 0.1) is 29.6 Å². The highest BCUT2D eigenvalue weighted by Gasteiger charge is 2.29. The Bertz CT molecular complexity index is 1060. The molecule has 0 saturated carbocycles. The van der Waals surface area contributed by atoms with E-state index in [1.165, 1.54) is 16.8 Å². The summed E-state index contributed by atoms with van der Waals surface area (Å²) in [5.41, 5.74) is 7.01.